The predicted octanol–water partition coefficient (Wildman–Crippen LogP) is 2.35. The first-order valence-corrected chi connectivity index (χ1v) is 7.79. The van der Waals surface area contributed by atoms with E-state index in [0.29, 0.717) is 4.91 Å². The maximum atomic E-state index is 12.4. The largest absolute Gasteiger partial charge is 0.467 e. The molecule has 0 spiro atoms. The summed E-state index contributed by atoms with van der Waals surface area (Å²) in [6.07, 6.45) is 1.65. The van der Waals surface area contributed by atoms with Crippen molar-refractivity contribution < 1.29 is 19.1 Å². The SMILES string of the molecule is COC(=O)[C@@H](C)N1C(=O)S/C(=C\c2ccc(N(C)C)cc2)C1=O. The summed E-state index contributed by atoms with van der Waals surface area (Å²) in [6, 6.07) is 6.65. The number of imide groups is 1. The van der Waals surface area contributed by atoms with Crippen LogP contribution >= 0.6 is 11.8 Å². The van der Waals surface area contributed by atoms with Gasteiger partial charge < -0.3 is 9.64 Å². The quantitative estimate of drug-likeness (QED) is 0.622. The molecule has 23 heavy (non-hydrogen) atoms. The number of rotatable bonds is 4. The first kappa shape index (κ1) is 17.1. The highest BCUT2D eigenvalue weighted by atomic mass is 32.2. The van der Waals surface area contributed by atoms with Gasteiger partial charge in [0.15, 0.2) is 0 Å². The Morgan fingerprint density at radius 2 is 1.87 bits per heavy atom. The van der Waals surface area contributed by atoms with E-state index in [1.807, 2.05) is 43.3 Å². The second kappa shape index (κ2) is 6.87. The Bertz CT molecular complexity index is 667. The molecule has 1 aromatic carbocycles. The minimum absolute atomic E-state index is 0.295. The third kappa shape index (κ3) is 3.56. The number of benzene rings is 1. The third-order valence-corrected chi connectivity index (χ3v) is 4.34. The van der Waals surface area contributed by atoms with Gasteiger partial charge in [0, 0.05) is 19.8 Å². The zero-order valence-corrected chi connectivity index (χ0v) is 14.2. The van der Waals surface area contributed by atoms with Crippen molar-refractivity contribution in [1.29, 1.82) is 0 Å². The Hall–Kier alpha value is -2.28. The van der Waals surface area contributed by atoms with Crippen molar-refractivity contribution in [3.05, 3.63) is 34.7 Å². The summed E-state index contributed by atoms with van der Waals surface area (Å²) in [5.41, 5.74) is 1.85. The van der Waals surface area contributed by atoms with Crippen molar-refractivity contribution >= 4 is 40.6 Å². The zero-order valence-electron chi connectivity index (χ0n) is 13.4. The molecule has 2 amide bonds. The number of amides is 2. The fourth-order valence-electron chi connectivity index (χ4n) is 2.11. The molecule has 1 aromatic rings. The van der Waals surface area contributed by atoms with Crippen molar-refractivity contribution in [2.24, 2.45) is 0 Å². The first-order chi connectivity index (χ1) is 10.8. The van der Waals surface area contributed by atoms with Crippen molar-refractivity contribution in [1.82, 2.24) is 4.90 Å². The molecule has 0 bridgehead atoms. The number of methoxy groups -OCH3 is 1. The molecule has 0 N–H and O–H groups in total. The molecule has 0 saturated carbocycles. The monoisotopic (exact) mass is 334 g/mol. The number of carbonyl (C=O) groups excluding carboxylic acids is 3. The molecule has 1 atom stereocenters. The van der Waals surface area contributed by atoms with Crippen LogP contribution in [0.3, 0.4) is 0 Å². The van der Waals surface area contributed by atoms with E-state index in [1.54, 1.807) is 6.08 Å². The normalized spacial score (nSPS) is 17.6. The van der Waals surface area contributed by atoms with E-state index in [0.717, 1.165) is 27.9 Å². The van der Waals surface area contributed by atoms with Crippen LogP contribution in [0.15, 0.2) is 29.2 Å². The Labute approximate surface area is 139 Å². The van der Waals surface area contributed by atoms with Crippen LogP contribution in [0, 0.1) is 0 Å². The van der Waals surface area contributed by atoms with Crippen LogP contribution in [-0.4, -0.2) is 49.3 Å². The standard InChI is InChI=1S/C16H18N2O4S/c1-10(15(20)22-4)18-14(19)13(23-16(18)21)9-11-5-7-12(8-6-11)17(2)3/h5-10H,1-4H3/b13-9-/t10-/m1/s1. The summed E-state index contributed by atoms with van der Waals surface area (Å²) in [7, 11) is 5.10. The summed E-state index contributed by atoms with van der Waals surface area (Å²) in [6.45, 7) is 1.47. The highest BCUT2D eigenvalue weighted by molar-refractivity contribution is 8.18. The van der Waals surface area contributed by atoms with Gasteiger partial charge in [-0.3, -0.25) is 14.5 Å². The van der Waals surface area contributed by atoms with Gasteiger partial charge in [-0.2, -0.15) is 0 Å². The van der Waals surface area contributed by atoms with E-state index >= 15 is 0 Å². The minimum Gasteiger partial charge on any atom is -0.467 e. The van der Waals surface area contributed by atoms with Crippen LogP contribution in [-0.2, 0) is 14.3 Å². The Morgan fingerprint density at radius 1 is 1.26 bits per heavy atom. The number of anilines is 1. The molecule has 0 radical (unpaired) electrons. The van der Waals surface area contributed by atoms with Gasteiger partial charge in [-0.1, -0.05) is 12.1 Å². The van der Waals surface area contributed by atoms with Crippen LogP contribution in [0.25, 0.3) is 6.08 Å². The zero-order chi connectivity index (χ0) is 17.1. The van der Waals surface area contributed by atoms with Gasteiger partial charge in [0.25, 0.3) is 11.1 Å². The summed E-state index contributed by atoms with van der Waals surface area (Å²) >= 11 is 0.824. The third-order valence-electron chi connectivity index (χ3n) is 3.46. The van der Waals surface area contributed by atoms with Crippen molar-refractivity contribution in [2.75, 3.05) is 26.1 Å². The van der Waals surface area contributed by atoms with Crippen molar-refractivity contribution in [2.45, 2.75) is 13.0 Å². The average Bonchev–Trinajstić information content (AvgIpc) is 2.80. The van der Waals surface area contributed by atoms with E-state index in [1.165, 1.54) is 14.0 Å². The number of esters is 1. The number of ether oxygens (including phenoxy) is 1. The van der Waals surface area contributed by atoms with Crippen molar-refractivity contribution in [3.63, 3.8) is 0 Å². The maximum absolute atomic E-state index is 12.4. The van der Waals surface area contributed by atoms with Crippen LogP contribution < -0.4 is 4.90 Å². The van der Waals surface area contributed by atoms with Gasteiger partial charge in [0.1, 0.15) is 6.04 Å². The molecule has 6 nitrogen and oxygen atoms in total. The molecule has 1 fully saturated rings. The van der Waals surface area contributed by atoms with Gasteiger partial charge >= 0.3 is 5.97 Å². The smallest absolute Gasteiger partial charge is 0.328 e. The van der Waals surface area contributed by atoms with E-state index in [9.17, 15) is 14.4 Å². The second-order valence-electron chi connectivity index (χ2n) is 5.24. The van der Waals surface area contributed by atoms with E-state index in [4.69, 9.17) is 0 Å². The van der Waals surface area contributed by atoms with Gasteiger partial charge in [0.2, 0.25) is 0 Å². The molecular weight excluding hydrogens is 316 g/mol. The predicted molar refractivity (Wildman–Crippen MR) is 90.1 cm³/mol. The summed E-state index contributed by atoms with van der Waals surface area (Å²) < 4.78 is 4.59. The van der Waals surface area contributed by atoms with Gasteiger partial charge in [-0.25, -0.2) is 4.79 Å². The molecule has 0 unspecified atom stereocenters. The van der Waals surface area contributed by atoms with Gasteiger partial charge in [-0.15, -0.1) is 0 Å². The molecule has 1 saturated heterocycles. The number of thioether (sulfide) groups is 1. The number of hydrogen-bond donors (Lipinski definition) is 0. The fourth-order valence-corrected chi connectivity index (χ4v) is 3.02. The first-order valence-electron chi connectivity index (χ1n) is 6.97. The summed E-state index contributed by atoms with van der Waals surface area (Å²) in [5, 5.41) is -0.468. The fraction of sp³-hybridized carbons (Fsp3) is 0.312. The molecule has 1 aliphatic heterocycles. The van der Waals surface area contributed by atoms with Crippen molar-refractivity contribution in [3.8, 4) is 0 Å². The van der Waals surface area contributed by atoms with E-state index in [2.05, 4.69) is 4.74 Å². The number of carbonyl (C=O) groups is 3. The number of hydrogen-bond acceptors (Lipinski definition) is 6. The topological polar surface area (TPSA) is 66.9 Å². The lowest BCUT2D eigenvalue weighted by Gasteiger charge is -2.18. The lowest BCUT2D eigenvalue weighted by Crippen LogP contribution is -2.42. The summed E-state index contributed by atoms with van der Waals surface area (Å²) in [5.74, 6) is -1.10. The summed E-state index contributed by atoms with van der Waals surface area (Å²) in [4.78, 5) is 39.1. The molecular formula is C16H18N2O4S. The molecule has 2 rings (SSSR count). The molecule has 122 valence electrons. The molecule has 0 aliphatic carbocycles. The van der Waals surface area contributed by atoms with Crippen LogP contribution in [0.2, 0.25) is 0 Å². The molecule has 7 heteroatoms. The highest BCUT2D eigenvalue weighted by Gasteiger charge is 2.41. The Morgan fingerprint density at radius 3 is 2.39 bits per heavy atom. The van der Waals surface area contributed by atoms with Gasteiger partial charge in [0.05, 0.1) is 12.0 Å². The second-order valence-corrected chi connectivity index (χ2v) is 6.23. The lowest BCUT2D eigenvalue weighted by molar-refractivity contribution is -0.148. The average molecular weight is 334 g/mol. The van der Waals surface area contributed by atoms with E-state index in [-0.39, 0.29) is 0 Å². The molecule has 1 aliphatic rings. The Balaban J connectivity index is 2.23. The Kier molecular flexibility index (Phi) is 5.10. The minimum atomic E-state index is -0.936. The van der Waals surface area contributed by atoms with Gasteiger partial charge in [-0.05, 0) is 42.5 Å². The highest BCUT2D eigenvalue weighted by Crippen LogP contribution is 2.33. The maximum Gasteiger partial charge on any atom is 0.328 e. The van der Waals surface area contributed by atoms with Crippen LogP contribution in [0.1, 0.15) is 12.5 Å². The molecule has 0 aromatic heterocycles. The van der Waals surface area contributed by atoms with Crippen LogP contribution in [0.4, 0.5) is 10.5 Å². The lowest BCUT2D eigenvalue weighted by atomic mass is 10.2. The van der Waals surface area contributed by atoms with E-state index < -0.39 is 23.2 Å². The molecule has 1 heterocycles. The number of nitrogens with zero attached hydrogens (tertiary/aromatic N) is 2. The van der Waals surface area contributed by atoms with Crippen LogP contribution in [0.5, 0.6) is 0 Å².